The highest BCUT2D eigenvalue weighted by atomic mass is 16.6. The molecular weight excluding hydrogens is 378 g/mol. The smallest absolute Gasteiger partial charge is 0.410 e. The number of ether oxygens (including phenoxy) is 1. The Bertz CT molecular complexity index is 888. The van der Waals surface area contributed by atoms with Crippen LogP contribution in [0.1, 0.15) is 48.1 Å². The van der Waals surface area contributed by atoms with E-state index in [9.17, 15) is 9.59 Å². The van der Waals surface area contributed by atoms with E-state index in [4.69, 9.17) is 4.74 Å². The normalized spacial score (nSPS) is 15.3. The fraction of sp³-hybridized carbons (Fsp3) is 0.500. The van der Waals surface area contributed by atoms with Gasteiger partial charge in [-0.1, -0.05) is 30.3 Å². The summed E-state index contributed by atoms with van der Waals surface area (Å²) in [4.78, 5) is 29.1. The predicted molar refractivity (Wildman–Crippen MR) is 118 cm³/mol. The van der Waals surface area contributed by atoms with Crippen molar-refractivity contribution in [3.8, 4) is 0 Å². The number of benzene rings is 1. The molecule has 6 nitrogen and oxygen atoms in total. The minimum atomic E-state index is -0.293. The number of piperazine rings is 1. The SMILES string of the molecule is Cc1cc(C(=O)CN2CCN(C(=O)OCc3ccccc3)CC2)c(C)n1C(C)(C)C. The van der Waals surface area contributed by atoms with Gasteiger partial charge in [0.1, 0.15) is 6.61 Å². The van der Waals surface area contributed by atoms with Crippen molar-refractivity contribution in [1.29, 1.82) is 0 Å². The number of carbonyl (C=O) groups is 2. The van der Waals surface area contributed by atoms with Crippen LogP contribution < -0.4 is 0 Å². The van der Waals surface area contributed by atoms with E-state index in [0.29, 0.717) is 32.7 Å². The molecule has 0 aliphatic carbocycles. The number of Topliss-reactive ketones (excluding diaryl/α,β-unsaturated/α-hetero) is 1. The highest BCUT2D eigenvalue weighted by Crippen LogP contribution is 2.25. The van der Waals surface area contributed by atoms with Gasteiger partial charge in [-0.15, -0.1) is 0 Å². The molecule has 0 N–H and O–H groups in total. The predicted octanol–water partition coefficient (Wildman–Crippen LogP) is 4.00. The van der Waals surface area contributed by atoms with E-state index in [0.717, 1.165) is 22.5 Å². The lowest BCUT2D eigenvalue weighted by Gasteiger charge is -2.33. The summed E-state index contributed by atoms with van der Waals surface area (Å²) >= 11 is 0. The average molecular weight is 412 g/mol. The number of carbonyl (C=O) groups excluding carboxylic acids is 2. The highest BCUT2D eigenvalue weighted by Gasteiger charge is 2.26. The van der Waals surface area contributed by atoms with Crippen LogP contribution in [0.15, 0.2) is 36.4 Å². The van der Waals surface area contributed by atoms with E-state index in [1.807, 2.05) is 43.3 Å². The lowest BCUT2D eigenvalue weighted by Crippen LogP contribution is -2.50. The Balaban J connectivity index is 1.51. The number of amides is 1. The molecule has 1 amide bonds. The van der Waals surface area contributed by atoms with E-state index in [1.165, 1.54) is 0 Å². The molecule has 0 bridgehead atoms. The van der Waals surface area contributed by atoms with Crippen molar-refractivity contribution in [3.05, 3.63) is 58.9 Å². The van der Waals surface area contributed by atoms with E-state index in [2.05, 4.69) is 37.2 Å². The molecular formula is C24H33N3O3. The number of aromatic nitrogens is 1. The summed E-state index contributed by atoms with van der Waals surface area (Å²) in [5.74, 6) is 0.138. The van der Waals surface area contributed by atoms with Gasteiger partial charge in [-0.3, -0.25) is 9.69 Å². The molecule has 1 aromatic carbocycles. The van der Waals surface area contributed by atoms with Crippen LogP contribution in [0, 0.1) is 13.8 Å². The summed E-state index contributed by atoms with van der Waals surface area (Å²) in [5.41, 5.74) is 3.84. The maximum Gasteiger partial charge on any atom is 0.410 e. The van der Waals surface area contributed by atoms with Gasteiger partial charge >= 0.3 is 6.09 Å². The molecule has 2 aromatic rings. The van der Waals surface area contributed by atoms with Gasteiger partial charge in [-0.25, -0.2) is 4.79 Å². The van der Waals surface area contributed by atoms with Gasteiger partial charge in [0.2, 0.25) is 0 Å². The Morgan fingerprint density at radius 2 is 1.63 bits per heavy atom. The number of aryl methyl sites for hydroxylation is 1. The number of hydrogen-bond donors (Lipinski definition) is 0. The standard InChI is InChI=1S/C24H33N3O3/c1-18-15-21(19(2)27(18)24(3,4)5)22(28)16-25-11-13-26(14-12-25)23(29)30-17-20-9-7-6-8-10-20/h6-10,15H,11-14,16-17H2,1-5H3. The van der Waals surface area contributed by atoms with Crippen molar-refractivity contribution in [2.45, 2.75) is 46.8 Å². The van der Waals surface area contributed by atoms with E-state index in [1.54, 1.807) is 4.90 Å². The number of rotatable bonds is 5. The first-order valence-electron chi connectivity index (χ1n) is 10.6. The number of hydrogen-bond acceptors (Lipinski definition) is 4. The topological polar surface area (TPSA) is 54.8 Å². The third kappa shape index (κ3) is 5.11. The molecule has 1 aliphatic heterocycles. The first-order chi connectivity index (χ1) is 14.2. The maximum atomic E-state index is 12.9. The van der Waals surface area contributed by atoms with Gasteiger partial charge in [0, 0.05) is 48.7 Å². The van der Waals surface area contributed by atoms with Crippen molar-refractivity contribution in [1.82, 2.24) is 14.4 Å². The molecule has 3 rings (SSSR count). The summed E-state index contributed by atoms with van der Waals surface area (Å²) < 4.78 is 7.64. The Morgan fingerprint density at radius 1 is 1.00 bits per heavy atom. The quantitative estimate of drug-likeness (QED) is 0.698. The largest absolute Gasteiger partial charge is 0.445 e. The first kappa shape index (κ1) is 22.1. The van der Waals surface area contributed by atoms with Gasteiger partial charge in [0.05, 0.1) is 6.54 Å². The Morgan fingerprint density at radius 3 is 2.20 bits per heavy atom. The highest BCUT2D eigenvalue weighted by molar-refractivity contribution is 5.99. The minimum absolute atomic E-state index is 0.0571. The number of ketones is 1. The monoisotopic (exact) mass is 411 g/mol. The van der Waals surface area contributed by atoms with Crippen LogP contribution >= 0.6 is 0 Å². The van der Waals surface area contributed by atoms with E-state index >= 15 is 0 Å². The fourth-order valence-corrected chi connectivity index (χ4v) is 4.26. The summed E-state index contributed by atoms with van der Waals surface area (Å²) in [6.07, 6.45) is -0.293. The van der Waals surface area contributed by atoms with Crippen molar-refractivity contribution in [2.24, 2.45) is 0 Å². The Labute approximate surface area is 179 Å². The molecule has 30 heavy (non-hydrogen) atoms. The summed E-state index contributed by atoms with van der Waals surface area (Å²) in [5, 5.41) is 0. The van der Waals surface area contributed by atoms with Crippen molar-refractivity contribution in [3.63, 3.8) is 0 Å². The molecule has 0 saturated carbocycles. The zero-order valence-corrected chi connectivity index (χ0v) is 18.8. The van der Waals surface area contributed by atoms with Crippen LogP contribution in [0.4, 0.5) is 4.79 Å². The van der Waals surface area contributed by atoms with Gasteiger partial charge in [0.25, 0.3) is 0 Å². The van der Waals surface area contributed by atoms with E-state index < -0.39 is 0 Å². The van der Waals surface area contributed by atoms with Crippen LogP contribution in [0.3, 0.4) is 0 Å². The third-order valence-electron chi connectivity index (χ3n) is 5.61. The molecule has 1 aromatic heterocycles. The zero-order valence-electron chi connectivity index (χ0n) is 18.8. The van der Waals surface area contributed by atoms with Crippen LogP contribution in [0.2, 0.25) is 0 Å². The van der Waals surface area contributed by atoms with Crippen LogP contribution in [-0.4, -0.2) is 59.0 Å². The molecule has 162 valence electrons. The van der Waals surface area contributed by atoms with Crippen LogP contribution in [0.25, 0.3) is 0 Å². The molecule has 1 saturated heterocycles. The Hall–Kier alpha value is -2.60. The van der Waals surface area contributed by atoms with Gasteiger partial charge in [-0.2, -0.15) is 0 Å². The Kier molecular flexibility index (Phi) is 6.66. The lowest BCUT2D eigenvalue weighted by atomic mass is 10.1. The second kappa shape index (κ2) is 9.04. The van der Waals surface area contributed by atoms with Gasteiger partial charge in [-0.05, 0) is 46.2 Å². The zero-order chi connectivity index (χ0) is 21.9. The fourth-order valence-electron chi connectivity index (χ4n) is 4.26. The van der Waals surface area contributed by atoms with Crippen LogP contribution in [0.5, 0.6) is 0 Å². The average Bonchev–Trinajstić information content (AvgIpc) is 3.02. The molecule has 0 unspecified atom stereocenters. The van der Waals surface area contributed by atoms with E-state index in [-0.39, 0.29) is 24.0 Å². The van der Waals surface area contributed by atoms with Gasteiger partial charge < -0.3 is 14.2 Å². The molecule has 1 aliphatic rings. The molecule has 0 radical (unpaired) electrons. The summed E-state index contributed by atoms with van der Waals surface area (Å²) in [6.45, 7) is 13.7. The first-order valence-corrected chi connectivity index (χ1v) is 10.6. The molecule has 1 fully saturated rings. The molecule has 0 spiro atoms. The summed E-state index contributed by atoms with van der Waals surface area (Å²) in [7, 11) is 0. The molecule has 6 heteroatoms. The van der Waals surface area contributed by atoms with Gasteiger partial charge in [0.15, 0.2) is 5.78 Å². The van der Waals surface area contributed by atoms with Crippen molar-refractivity contribution >= 4 is 11.9 Å². The minimum Gasteiger partial charge on any atom is -0.445 e. The summed E-state index contributed by atoms with van der Waals surface area (Å²) in [6, 6.07) is 11.7. The number of nitrogens with zero attached hydrogens (tertiary/aromatic N) is 3. The molecule has 0 atom stereocenters. The third-order valence-corrected chi connectivity index (χ3v) is 5.61. The van der Waals surface area contributed by atoms with Crippen molar-refractivity contribution < 1.29 is 14.3 Å². The van der Waals surface area contributed by atoms with Crippen molar-refractivity contribution in [2.75, 3.05) is 32.7 Å². The van der Waals surface area contributed by atoms with Crippen LogP contribution in [-0.2, 0) is 16.9 Å². The lowest BCUT2D eigenvalue weighted by molar-refractivity contribution is 0.0678. The maximum absolute atomic E-state index is 12.9. The molecule has 2 heterocycles. The second-order valence-corrected chi connectivity index (χ2v) is 9.02. The second-order valence-electron chi connectivity index (χ2n) is 9.02.